The highest BCUT2D eigenvalue weighted by molar-refractivity contribution is 5.96. The molecule has 2 N–H and O–H groups in total. The fourth-order valence-corrected chi connectivity index (χ4v) is 2.38. The van der Waals surface area contributed by atoms with E-state index in [9.17, 15) is 23.6 Å². The van der Waals surface area contributed by atoms with Gasteiger partial charge in [0.25, 0.3) is 0 Å². The molecular weight excluding hydrogens is 306 g/mol. The zero-order valence-corrected chi connectivity index (χ0v) is 12.5. The Bertz CT molecular complexity index is 719. The number of amides is 4. The molecule has 1 aromatic rings. The average Bonchev–Trinajstić information content (AvgIpc) is 2.45. The van der Waals surface area contributed by atoms with Gasteiger partial charge in [-0.05, 0) is 31.5 Å². The molecule has 0 fully saturated rings. The Labute approximate surface area is 131 Å². The summed E-state index contributed by atoms with van der Waals surface area (Å²) in [4.78, 5) is 25.1. The van der Waals surface area contributed by atoms with Gasteiger partial charge in [0, 0.05) is 18.3 Å². The predicted octanol–water partition coefficient (Wildman–Crippen LogP) is 2.56. The largest absolute Gasteiger partial charge is 0.338 e. The molecule has 0 aliphatic carbocycles. The molecule has 0 aromatic heterocycles. The summed E-state index contributed by atoms with van der Waals surface area (Å²) < 4.78 is 27.1. The van der Waals surface area contributed by atoms with Crippen LogP contribution in [-0.4, -0.2) is 23.5 Å². The molecule has 0 saturated heterocycles. The van der Waals surface area contributed by atoms with Gasteiger partial charge in [-0.15, -0.1) is 0 Å². The highest BCUT2D eigenvalue weighted by Gasteiger charge is 2.39. The first-order valence-electron chi connectivity index (χ1n) is 6.84. The highest BCUT2D eigenvalue weighted by atomic mass is 19.1. The third-order valence-electron chi connectivity index (χ3n) is 3.32. The van der Waals surface area contributed by atoms with Crippen LogP contribution in [0.1, 0.15) is 25.5 Å². The van der Waals surface area contributed by atoms with Gasteiger partial charge in [0.05, 0.1) is 11.6 Å². The number of nitriles is 1. The Morgan fingerprint density at radius 3 is 2.52 bits per heavy atom. The van der Waals surface area contributed by atoms with Crippen LogP contribution in [0.25, 0.3) is 0 Å². The van der Waals surface area contributed by atoms with Crippen LogP contribution in [0, 0.1) is 23.0 Å². The van der Waals surface area contributed by atoms with Gasteiger partial charge in [-0.2, -0.15) is 5.26 Å². The van der Waals surface area contributed by atoms with Crippen LogP contribution in [0.15, 0.2) is 29.5 Å². The van der Waals surface area contributed by atoms with E-state index in [1.165, 1.54) is 6.92 Å². The fourth-order valence-electron chi connectivity index (χ4n) is 2.38. The van der Waals surface area contributed by atoms with Crippen molar-refractivity contribution in [2.75, 3.05) is 6.54 Å². The lowest BCUT2D eigenvalue weighted by Crippen LogP contribution is -2.53. The molecule has 0 saturated carbocycles. The Hall–Kier alpha value is -2.95. The van der Waals surface area contributed by atoms with Crippen LogP contribution in [0.3, 0.4) is 0 Å². The number of allylic oxidation sites excluding steroid dienone is 1. The maximum Gasteiger partial charge on any atom is 0.330 e. The van der Waals surface area contributed by atoms with Gasteiger partial charge in [0.2, 0.25) is 0 Å². The molecular formula is C15H14F2N4O2. The van der Waals surface area contributed by atoms with E-state index in [2.05, 4.69) is 10.6 Å². The summed E-state index contributed by atoms with van der Waals surface area (Å²) in [5.41, 5.74) is 0.257. The summed E-state index contributed by atoms with van der Waals surface area (Å²) >= 11 is 0. The van der Waals surface area contributed by atoms with Crippen molar-refractivity contribution in [3.8, 4) is 6.07 Å². The average molecular weight is 320 g/mol. The number of carbonyl (C=O) groups excluding carboxylic acids is 2. The molecule has 8 heteroatoms. The molecule has 0 bridgehead atoms. The summed E-state index contributed by atoms with van der Waals surface area (Å²) in [7, 11) is 0. The maximum atomic E-state index is 13.5. The lowest BCUT2D eigenvalue weighted by atomic mass is 9.95. The summed E-state index contributed by atoms with van der Waals surface area (Å²) in [6.07, 6.45) is 0. The number of nitrogens with one attached hydrogen (secondary N) is 2. The molecule has 1 atom stereocenters. The van der Waals surface area contributed by atoms with E-state index >= 15 is 0 Å². The van der Waals surface area contributed by atoms with Gasteiger partial charge < -0.3 is 10.6 Å². The van der Waals surface area contributed by atoms with Crippen molar-refractivity contribution < 1.29 is 18.4 Å². The first-order valence-corrected chi connectivity index (χ1v) is 6.84. The number of hydrogen-bond acceptors (Lipinski definition) is 3. The molecule has 1 unspecified atom stereocenters. The second kappa shape index (κ2) is 6.44. The third-order valence-corrected chi connectivity index (χ3v) is 3.32. The maximum absolute atomic E-state index is 13.5. The first-order chi connectivity index (χ1) is 10.9. The molecule has 0 radical (unpaired) electrons. The second-order valence-corrected chi connectivity index (χ2v) is 4.89. The Morgan fingerprint density at radius 2 is 2.00 bits per heavy atom. The molecule has 1 aliphatic rings. The Kier molecular flexibility index (Phi) is 4.60. The lowest BCUT2D eigenvalue weighted by Gasteiger charge is -2.34. The zero-order chi connectivity index (χ0) is 17.1. The number of rotatable bonds is 2. The van der Waals surface area contributed by atoms with Crippen molar-refractivity contribution in [1.82, 2.24) is 15.5 Å². The predicted molar refractivity (Wildman–Crippen MR) is 76.9 cm³/mol. The number of benzene rings is 1. The molecule has 6 nitrogen and oxygen atoms in total. The smallest absolute Gasteiger partial charge is 0.330 e. The lowest BCUT2D eigenvalue weighted by molar-refractivity contribution is 0.173. The standard InChI is InChI=1S/C15H14F2N4O2/c1-3-19-14(22)21-13(9-4-10(16)6-11(17)5-9)12(7-18)8(2)20-15(21)23/h4-6,13H,3H2,1-2H3,(H,19,22)(H,20,23). The summed E-state index contributed by atoms with van der Waals surface area (Å²) in [6, 6.07) is 1.79. The van der Waals surface area contributed by atoms with E-state index in [4.69, 9.17) is 0 Å². The molecule has 1 heterocycles. The minimum Gasteiger partial charge on any atom is -0.338 e. The molecule has 0 spiro atoms. The quantitative estimate of drug-likeness (QED) is 0.878. The van der Waals surface area contributed by atoms with Crippen molar-refractivity contribution in [3.05, 3.63) is 46.7 Å². The zero-order valence-electron chi connectivity index (χ0n) is 12.5. The second-order valence-electron chi connectivity index (χ2n) is 4.89. The van der Waals surface area contributed by atoms with E-state index in [1.807, 2.05) is 6.07 Å². The minimum absolute atomic E-state index is 0.000460. The minimum atomic E-state index is -1.20. The van der Waals surface area contributed by atoms with E-state index in [0.29, 0.717) is 6.07 Å². The third kappa shape index (κ3) is 3.13. The van der Waals surface area contributed by atoms with Crippen molar-refractivity contribution >= 4 is 12.1 Å². The molecule has 23 heavy (non-hydrogen) atoms. The van der Waals surface area contributed by atoms with Crippen molar-refractivity contribution in [2.24, 2.45) is 0 Å². The van der Waals surface area contributed by atoms with Gasteiger partial charge in [-0.3, -0.25) is 0 Å². The van der Waals surface area contributed by atoms with E-state index in [0.717, 1.165) is 17.0 Å². The van der Waals surface area contributed by atoms with Crippen LogP contribution in [0.2, 0.25) is 0 Å². The van der Waals surface area contributed by atoms with Crippen molar-refractivity contribution in [1.29, 1.82) is 5.26 Å². The van der Waals surface area contributed by atoms with Crippen LogP contribution < -0.4 is 10.6 Å². The number of hydrogen-bond donors (Lipinski definition) is 2. The monoisotopic (exact) mass is 320 g/mol. The number of nitrogens with zero attached hydrogens (tertiary/aromatic N) is 2. The van der Waals surface area contributed by atoms with Crippen LogP contribution in [0.5, 0.6) is 0 Å². The first kappa shape index (κ1) is 16.4. The van der Waals surface area contributed by atoms with E-state index < -0.39 is 29.7 Å². The Morgan fingerprint density at radius 1 is 1.39 bits per heavy atom. The topological polar surface area (TPSA) is 85.2 Å². The molecule has 120 valence electrons. The number of carbonyl (C=O) groups is 2. The fraction of sp³-hybridized carbons (Fsp3) is 0.267. The van der Waals surface area contributed by atoms with Gasteiger partial charge in [-0.1, -0.05) is 0 Å². The number of imide groups is 1. The SMILES string of the molecule is CCNC(=O)N1C(=O)NC(C)=C(C#N)C1c1cc(F)cc(F)c1. The molecule has 1 aliphatic heterocycles. The van der Waals surface area contributed by atoms with Crippen LogP contribution in [0.4, 0.5) is 18.4 Å². The van der Waals surface area contributed by atoms with Crippen LogP contribution >= 0.6 is 0 Å². The van der Waals surface area contributed by atoms with E-state index in [1.54, 1.807) is 6.92 Å². The van der Waals surface area contributed by atoms with Gasteiger partial charge in [0.1, 0.15) is 17.7 Å². The van der Waals surface area contributed by atoms with E-state index in [-0.39, 0.29) is 23.4 Å². The normalized spacial score (nSPS) is 17.6. The summed E-state index contributed by atoms with van der Waals surface area (Å²) in [6.45, 7) is 3.38. The van der Waals surface area contributed by atoms with Crippen molar-refractivity contribution in [2.45, 2.75) is 19.9 Å². The van der Waals surface area contributed by atoms with Crippen LogP contribution in [-0.2, 0) is 0 Å². The van der Waals surface area contributed by atoms with Gasteiger partial charge in [-0.25, -0.2) is 23.3 Å². The number of urea groups is 2. The number of halogens is 2. The molecule has 2 rings (SSSR count). The summed E-state index contributed by atoms with van der Waals surface area (Å²) in [5.74, 6) is -1.73. The van der Waals surface area contributed by atoms with Gasteiger partial charge in [0.15, 0.2) is 0 Å². The van der Waals surface area contributed by atoms with Crippen molar-refractivity contribution in [3.63, 3.8) is 0 Å². The summed E-state index contributed by atoms with van der Waals surface area (Å²) in [5, 5.41) is 14.2. The molecule has 1 aromatic carbocycles. The highest BCUT2D eigenvalue weighted by Crippen LogP contribution is 2.33. The Balaban J connectivity index is 2.63. The molecule has 4 amide bonds. The van der Waals surface area contributed by atoms with Gasteiger partial charge >= 0.3 is 12.1 Å².